The zero-order chi connectivity index (χ0) is 13.4. The van der Waals surface area contributed by atoms with E-state index in [1.807, 2.05) is 6.07 Å². The summed E-state index contributed by atoms with van der Waals surface area (Å²) in [5, 5.41) is 11.9. The van der Waals surface area contributed by atoms with Gasteiger partial charge in [0.2, 0.25) is 0 Å². The molecule has 1 amide bonds. The van der Waals surface area contributed by atoms with Gasteiger partial charge in [-0.2, -0.15) is 0 Å². The average molecular weight is 272 g/mol. The summed E-state index contributed by atoms with van der Waals surface area (Å²) < 4.78 is 4.92. The summed E-state index contributed by atoms with van der Waals surface area (Å²) in [6.45, 7) is 0.386. The zero-order valence-electron chi connectivity index (χ0n) is 10.4. The lowest BCUT2D eigenvalue weighted by molar-refractivity contribution is 0.0894. The molecule has 1 aromatic rings. The van der Waals surface area contributed by atoms with Crippen molar-refractivity contribution in [2.75, 3.05) is 20.3 Å². The molecule has 1 rings (SSSR count). The molecule has 1 unspecified atom stereocenters. The molecule has 1 aromatic carbocycles. The van der Waals surface area contributed by atoms with Crippen molar-refractivity contribution in [1.82, 2.24) is 5.32 Å². The number of nitrogens with one attached hydrogen (secondary N) is 1. The molecule has 0 saturated heterocycles. The quantitative estimate of drug-likeness (QED) is 0.740. The Hall–Kier alpha value is -1.10. The number of amides is 1. The molecule has 0 radical (unpaired) electrons. The van der Waals surface area contributed by atoms with Crippen LogP contribution < -0.4 is 5.32 Å². The van der Waals surface area contributed by atoms with Crippen LogP contribution in [0.4, 0.5) is 0 Å². The van der Waals surface area contributed by atoms with Gasteiger partial charge in [-0.1, -0.05) is 12.1 Å². The lowest BCUT2D eigenvalue weighted by Crippen LogP contribution is -2.38. The summed E-state index contributed by atoms with van der Waals surface area (Å²) in [5.41, 5.74) is 1.44. The molecule has 4 nitrogen and oxygen atoms in total. The smallest absolute Gasteiger partial charge is 0.251 e. The largest absolute Gasteiger partial charge is 0.394 e. The van der Waals surface area contributed by atoms with E-state index in [9.17, 15) is 4.79 Å². The van der Waals surface area contributed by atoms with Crippen LogP contribution >= 0.6 is 11.6 Å². The number of aliphatic hydroxyl groups is 1. The monoisotopic (exact) mass is 271 g/mol. The second kappa shape index (κ2) is 8.08. The SMILES string of the molecule is COCCC(CO)NC(=O)c1cccc(CCl)c1. The van der Waals surface area contributed by atoms with Gasteiger partial charge in [-0.15, -0.1) is 11.6 Å². The van der Waals surface area contributed by atoms with E-state index in [4.69, 9.17) is 21.4 Å². The van der Waals surface area contributed by atoms with Crippen LogP contribution in [0.5, 0.6) is 0 Å². The minimum Gasteiger partial charge on any atom is -0.394 e. The lowest BCUT2D eigenvalue weighted by atomic mass is 10.1. The Morgan fingerprint density at radius 1 is 1.56 bits per heavy atom. The van der Waals surface area contributed by atoms with E-state index in [1.54, 1.807) is 25.3 Å². The summed E-state index contributed by atoms with van der Waals surface area (Å²) in [6.07, 6.45) is 0.577. The molecule has 0 bridgehead atoms. The van der Waals surface area contributed by atoms with Crippen LogP contribution in [-0.2, 0) is 10.6 Å². The van der Waals surface area contributed by atoms with Crippen molar-refractivity contribution < 1.29 is 14.6 Å². The van der Waals surface area contributed by atoms with Gasteiger partial charge in [0, 0.05) is 25.2 Å². The van der Waals surface area contributed by atoms with Gasteiger partial charge in [-0.25, -0.2) is 0 Å². The first kappa shape index (κ1) is 15.0. The van der Waals surface area contributed by atoms with E-state index in [2.05, 4.69) is 5.32 Å². The number of carbonyl (C=O) groups is 1. The number of carbonyl (C=O) groups excluding carboxylic acids is 1. The first-order valence-corrected chi connectivity index (χ1v) is 6.30. The van der Waals surface area contributed by atoms with E-state index < -0.39 is 0 Å². The number of hydrogen-bond acceptors (Lipinski definition) is 3. The van der Waals surface area contributed by atoms with E-state index >= 15 is 0 Å². The molecule has 1 atom stereocenters. The number of hydrogen-bond donors (Lipinski definition) is 2. The maximum atomic E-state index is 11.9. The van der Waals surface area contributed by atoms with Gasteiger partial charge in [-0.3, -0.25) is 4.79 Å². The number of alkyl halides is 1. The Morgan fingerprint density at radius 2 is 2.33 bits per heavy atom. The van der Waals surface area contributed by atoms with Gasteiger partial charge >= 0.3 is 0 Å². The third-order valence-electron chi connectivity index (χ3n) is 2.57. The van der Waals surface area contributed by atoms with Crippen molar-refractivity contribution in [2.45, 2.75) is 18.3 Å². The van der Waals surface area contributed by atoms with Gasteiger partial charge in [0.25, 0.3) is 5.91 Å². The molecule has 0 aliphatic carbocycles. The fourth-order valence-electron chi connectivity index (χ4n) is 1.53. The molecule has 0 aliphatic heterocycles. The molecule has 0 fully saturated rings. The van der Waals surface area contributed by atoms with Crippen LogP contribution in [0.1, 0.15) is 22.3 Å². The Balaban J connectivity index is 2.62. The summed E-state index contributed by atoms with van der Waals surface area (Å²) in [4.78, 5) is 11.9. The van der Waals surface area contributed by atoms with Crippen LogP contribution in [0.25, 0.3) is 0 Å². The van der Waals surface area contributed by atoms with Crippen molar-refractivity contribution in [2.24, 2.45) is 0 Å². The molecule has 2 N–H and O–H groups in total. The highest BCUT2D eigenvalue weighted by Gasteiger charge is 2.12. The number of ether oxygens (including phenoxy) is 1. The molecule has 5 heteroatoms. The standard InChI is InChI=1S/C13H18ClNO3/c1-18-6-5-12(9-16)15-13(17)11-4-2-3-10(7-11)8-14/h2-4,7,12,16H,5-6,8-9H2,1H3,(H,15,17). The number of rotatable bonds is 7. The van der Waals surface area contributed by atoms with E-state index in [-0.39, 0.29) is 18.6 Å². The van der Waals surface area contributed by atoms with Crippen LogP contribution in [-0.4, -0.2) is 37.4 Å². The molecule has 0 heterocycles. The highest BCUT2D eigenvalue weighted by atomic mass is 35.5. The average Bonchev–Trinajstić information content (AvgIpc) is 2.43. The number of halogens is 1. The predicted molar refractivity (Wildman–Crippen MR) is 70.8 cm³/mol. The normalized spacial score (nSPS) is 12.2. The van der Waals surface area contributed by atoms with Crippen molar-refractivity contribution >= 4 is 17.5 Å². The first-order chi connectivity index (χ1) is 8.71. The second-order valence-electron chi connectivity index (χ2n) is 3.97. The fourth-order valence-corrected chi connectivity index (χ4v) is 1.70. The van der Waals surface area contributed by atoms with Crippen LogP contribution in [0.2, 0.25) is 0 Å². The molecular formula is C13H18ClNO3. The second-order valence-corrected chi connectivity index (χ2v) is 4.24. The third kappa shape index (κ3) is 4.64. The van der Waals surface area contributed by atoms with Gasteiger partial charge in [0.15, 0.2) is 0 Å². The Labute approximate surface area is 112 Å². The van der Waals surface area contributed by atoms with Crippen molar-refractivity contribution in [3.63, 3.8) is 0 Å². The molecule has 0 spiro atoms. The predicted octanol–water partition coefficient (Wildman–Crippen LogP) is 1.55. The van der Waals surface area contributed by atoms with Crippen molar-refractivity contribution in [1.29, 1.82) is 0 Å². The Kier molecular flexibility index (Phi) is 6.72. The summed E-state index contributed by atoms with van der Waals surface area (Å²) in [6, 6.07) is 6.81. The minimum atomic E-state index is -0.294. The molecule has 18 heavy (non-hydrogen) atoms. The summed E-state index contributed by atoms with van der Waals surface area (Å²) in [7, 11) is 1.58. The van der Waals surface area contributed by atoms with E-state index in [0.717, 1.165) is 5.56 Å². The lowest BCUT2D eigenvalue weighted by Gasteiger charge is -2.16. The Bertz CT molecular complexity index is 384. The topological polar surface area (TPSA) is 58.6 Å². The van der Waals surface area contributed by atoms with Crippen molar-refractivity contribution in [3.8, 4) is 0 Å². The molecule has 100 valence electrons. The third-order valence-corrected chi connectivity index (χ3v) is 2.88. The molecular weight excluding hydrogens is 254 g/mol. The minimum absolute atomic E-state index is 0.107. The summed E-state index contributed by atoms with van der Waals surface area (Å²) in [5.74, 6) is 0.158. The van der Waals surface area contributed by atoms with Gasteiger partial charge < -0.3 is 15.2 Å². The Morgan fingerprint density at radius 3 is 2.94 bits per heavy atom. The number of benzene rings is 1. The molecule has 0 aliphatic rings. The van der Waals surface area contributed by atoms with Gasteiger partial charge in [0.05, 0.1) is 12.6 Å². The van der Waals surface area contributed by atoms with Crippen LogP contribution in [0.3, 0.4) is 0 Å². The fraction of sp³-hybridized carbons (Fsp3) is 0.462. The zero-order valence-corrected chi connectivity index (χ0v) is 11.1. The van der Waals surface area contributed by atoms with E-state index in [1.165, 1.54) is 0 Å². The van der Waals surface area contributed by atoms with Crippen molar-refractivity contribution in [3.05, 3.63) is 35.4 Å². The van der Waals surface area contributed by atoms with E-state index in [0.29, 0.717) is 24.5 Å². The highest BCUT2D eigenvalue weighted by molar-refractivity contribution is 6.17. The summed E-state index contributed by atoms with van der Waals surface area (Å²) >= 11 is 5.72. The highest BCUT2D eigenvalue weighted by Crippen LogP contribution is 2.08. The van der Waals surface area contributed by atoms with Crippen LogP contribution in [0.15, 0.2) is 24.3 Å². The maximum Gasteiger partial charge on any atom is 0.251 e. The van der Waals surface area contributed by atoms with Crippen LogP contribution in [0, 0.1) is 0 Å². The van der Waals surface area contributed by atoms with Gasteiger partial charge in [-0.05, 0) is 24.1 Å². The number of methoxy groups -OCH3 is 1. The van der Waals surface area contributed by atoms with Gasteiger partial charge in [0.1, 0.15) is 0 Å². The first-order valence-electron chi connectivity index (χ1n) is 5.76. The molecule has 0 aromatic heterocycles. The maximum absolute atomic E-state index is 11.9. The number of aliphatic hydroxyl groups excluding tert-OH is 1. The molecule has 0 saturated carbocycles.